The number of nitrogen functional groups attached to an aromatic ring is 1. The fourth-order valence-electron chi connectivity index (χ4n) is 1.28. The van der Waals surface area contributed by atoms with E-state index in [0.717, 1.165) is 5.56 Å². The highest BCUT2D eigenvalue weighted by Gasteiger charge is 2.04. The van der Waals surface area contributed by atoms with Gasteiger partial charge in [0.15, 0.2) is 5.82 Å². The second-order valence-electron chi connectivity index (χ2n) is 3.10. The van der Waals surface area contributed by atoms with Crippen LogP contribution in [0, 0.1) is 11.3 Å². The van der Waals surface area contributed by atoms with Gasteiger partial charge in [-0.05, 0) is 11.6 Å². The minimum atomic E-state index is 0.265. The maximum atomic E-state index is 8.70. The molecular formula is C10H9N5. The fourth-order valence-corrected chi connectivity index (χ4v) is 1.28. The summed E-state index contributed by atoms with van der Waals surface area (Å²) in [5, 5.41) is 12.7. The second-order valence-corrected chi connectivity index (χ2v) is 3.10. The normalized spacial score (nSPS) is 9.80. The van der Waals surface area contributed by atoms with Crippen LogP contribution in [0.5, 0.6) is 0 Å². The van der Waals surface area contributed by atoms with E-state index in [1.54, 1.807) is 23.3 Å². The molecule has 5 heteroatoms. The van der Waals surface area contributed by atoms with Crippen molar-refractivity contribution in [2.75, 3.05) is 5.73 Å². The van der Waals surface area contributed by atoms with Gasteiger partial charge in [0.2, 0.25) is 0 Å². The molecule has 0 bridgehead atoms. The first kappa shape index (κ1) is 9.21. The third-order valence-electron chi connectivity index (χ3n) is 1.98. The predicted molar refractivity (Wildman–Crippen MR) is 54.7 cm³/mol. The molecule has 0 aliphatic heterocycles. The number of nitriles is 1. The van der Waals surface area contributed by atoms with Gasteiger partial charge in [-0.15, -0.1) is 0 Å². The molecule has 2 N–H and O–H groups in total. The van der Waals surface area contributed by atoms with Gasteiger partial charge in [0.25, 0.3) is 0 Å². The smallest absolute Gasteiger partial charge is 0.163 e. The van der Waals surface area contributed by atoms with Crippen LogP contribution in [0.4, 0.5) is 5.82 Å². The summed E-state index contributed by atoms with van der Waals surface area (Å²) in [5.41, 5.74) is 6.96. The number of aromatic nitrogens is 3. The minimum Gasteiger partial charge on any atom is -0.381 e. The predicted octanol–water partition coefficient (Wildman–Crippen LogP) is 0.780. The zero-order valence-electron chi connectivity index (χ0n) is 7.96. The van der Waals surface area contributed by atoms with E-state index in [9.17, 15) is 0 Å². The molecule has 0 aliphatic carbocycles. The van der Waals surface area contributed by atoms with Gasteiger partial charge >= 0.3 is 0 Å². The Bertz CT molecular complexity index is 494. The summed E-state index contributed by atoms with van der Waals surface area (Å²) < 4.78 is 1.63. The van der Waals surface area contributed by atoms with E-state index in [1.807, 2.05) is 18.2 Å². The number of nitrogens with zero attached hydrogens (tertiary/aromatic N) is 4. The first-order valence-electron chi connectivity index (χ1n) is 4.41. The lowest BCUT2D eigenvalue weighted by Crippen LogP contribution is -2.01. The number of rotatable bonds is 2. The van der Waals surface area contributed by atoms with Crippen molar-refractivity contribution in [3.05, 3.63) is 41.9 Å². The molecule has 0 aromatic carbocycles. The van der Waals surface area contributed by atoms with Gasteiger partial charge in [0, 0.05) is 18.6 Å². The van der Waals surface area contributed by atoms with Crippen LogP contribution < -0.4 is 5.73 Å². The molecule has 15 heavy (non-hydrogen) atoms. The summed E-state index contributed by atoms with van der Waals surface area (Å²) in [6.07, 6.45) is 5.09. The van der Waals surface area contributed by atoms with Gasteiger partial charge in [-0.3, -0.25) is 9.67 Å². The van der Waals surface area contributed by atoms with Crippen molar-refractivity contribution in [2.45, 2.75) is 6.54 Å². The third kappa shape index (κ3) is 1.94. The van der Waals surface area contributed by atoms with Crippen molar-refractivity contribution in [3.8, 4) is 6.07 Å². The molecule has 2 aromatic rings. The second kappa shape index (κ2) is 3.80. The SMILES string of the molecule is N#Cc1cn(Cc2cccnc2)nc1N. The zero-order valence-corrected chi connectivity index (χ0v) is 7.96. The lowest BCUT2D eigenvalue weighted by atomic mass is 10.3. The van der Waals surface area contributed by atoms with E-state index < -0.39 is 0 Å². The fraction of sp³-hybridized carbons (Fsp3) is 0.100. The largest absolute Gasteiger partial charge is 0.381 e. The summed E-state index contributed by atoms with van der Waals surface area (Å²) in [4.78, 5) is 3.99. The molecule has 0 amide bonds. The van der Waals surface area contributed by atoms with Crippen molar-refractivity contribution in [2.24, 2.45) is 0 Å². The van der Waals surface area contributed by atoms with E-state index in [4.69, 9.17) is 11.0 Å². The number of hydrogen-bond acceptors (Lipinski definition) is 4. The van der Waals surface area contributed by atoms with Gasteiger partial charge in [0.05, 0.1) is 6.54 Å². The molecule has 0 unspecified atom stereocenters. The van der Waals surface area contributed by atoms with Crippen molar-refractivity contribution in [1.82, 2.24) is 14.8 Å². The average Bonchev–Trinajstić information content (AvgIpc) is 2.60. The molecular weight excluding hydrogens is 190 g/mol. The van der Waals surface area contributed by atoms with Gasteiger partial charge in [-0.1, -0.05) is 6.07 Å². The summed E-state index contributed by atoms with van der Waals surface area (Å²) >= 11 is 0. The van der Waals surface area contributed by atoms with Crippen molar-refractivity contribution < 1.29 is 0 Å². The van der Waals surface area contributed by atoms with Crippen molar-refractivity contribution >= 4 is 5.82 Å². The Hall–Kier alpha value is -2.35. The molecule has 2 aromatic heterocycles. The Morgan fingerprint density at radius 2 is 2.40 bits per heavy atom. The summed E-state index contributed by atoms with van der Waals surface area (Å²) in [6, 6.07) is 5.77. The molecule has 5 nitrogen and oxygen atoms in total. The maximum absolute atomic E-state index is 8.70. The van der Waals surface area contributed by atoms with Crippen molar-refractivity contribution in [1.29, 1.82) is 5.26 Å². The van der Waals surface area contributed by atoms with Crippen LogP contribution in [-0.2, 0) is 6.54 Å². The number of hydrogen-bond donors (Lipinski definition) is 1. The lowest BCUT2D eigenvalue weighted by molar-refractivity contribution is 0.688. The molecule has 0 saturated carbocycles. The molecule has 74 valence electrons. The van der Waals surface area contributed by atoms with Crippen LogP contribution in [0.1, 0.15) is 11.1 Å². The van der Waals surface area contributed by atoms with E-state index in [1.165, 1.54) is 0 Å². The Kier molecular flexibility index (Phi) is 2.33. The van der Waals surface area contributed by atoms with E-state index >= 15 is 0 Å². The Morgan fingerprint density at radius 1 is 1.53 bits per heavy atom. The van der Waals surface area contributed by atoms with Crippen LogP contribution in [0.2, 0.25) is 0 Å². The topological polar surface area (TPSA) is 80.5 Å². The first-order chi connectivity index (χ1) is 7.29. The van der Waals surface area contributed by atoms with Crippen LogP contribution in [-0.4, -0.2) is 14.8 Å². The highest BCUT2D eigenvalue weighted by atomic mass is 15.3. The number of anilines is 1. The van der Waals surface area contributed by atoms with E-state index in [-0.39, 0.29) is 5.82 Å². The Morgan fingerprint density at radius 3 is 3.00 bits per heavy atom. The van der Waals surface area contributed by atoms with Gasteiger partial charge in [-0.25, -0.2) is 0 Å². The highest BCUT2D eigenvalue weighted by molar-refractivity contribution is 5.46. The lowest BCUT2D eigenvalue weighted by Gasteiger charge is -1.99. The molecule has 0 radical (unpaired) electrons. The van der Waals surface area contributed by atoms with E-state index in [0.29, 0.717) is 12.1 Å². The molecule has 0 atom stereocenters. The van der Waals surface area contributed by atoms with Gasteiger partial charge in [0.1, 0.15) is 11.6 Å². The average molecular weight is 199 g/mol. The molecule has 0 fully saturated rings. The molecule has 2 heterocycles. The Balaban J connectivity index is 2.23. The van der Waals surface area contributed by atoms with Crippen LogP contribution >= 0.6 is 0 Å². The summed E-state index contributed by atoms with van der Waals surface area (Å²) in [6.45, 7) is 0.569. The molecule has 0 saturated heterocycles. The molecule has 0 spiro atoms. The van der Waals surface area contributed by atoms with Gasteiger partial charge in [-0.2, -0.15) is 10.4 Å². The monoisotopic (exact) mass is 199 g/mol. The van der Waals surface area contributed by atoms with Crippen molar-refractivity contribution in [3.63, 3.8) is 0 Å². The van der Waals surface area contributed by atoms with Gasteiger partial charge < -0.3 is 5.73 Å². The third-order valence-corrected chi connectivity index (χ3v) is 1.98. The van der Waals surface area contributed by atoms with Crippen LogP contribution in [0.25, 0.3) is 0 Å². The molecule has 2 rings (SSSR count). The zero-order chi connectivity index (χ0) is 10.7. The number of pyridine rings is 1. The Labute approximate surface area is 86.8 Å². The standard InChI is InChI=1S/C10H9N5/c11-4-9-7-15(14-10(9)12)6-8-2-1-3-13-5-8/h1-3,5,7H,6H2,(H2,12,14). The minimum absolute atomic E-state index is 0.265. The number of nitrogens with two attached hydrogens (primary N) is 1. The highest BCUT2D eigenvalue weighted by Crippen LogP contribution is 2.08. The molecule has 0 aliphatic rings. The van der Waals surface area contributed by atoms with Crippen LogP contribution in [0.3, 0.4) is 0 Å². The summed E-state index contributed by atoms with van der Waals surface area (Å²) in [5.74, 6) is 0.265. The maximum Gasteiger partial charge on any atom is 0.163 e. The van der Waals surface area contributed by atoms with E-state index in [2.05, 4.69) is 10.1 Å². The first-order valence-corrected chi connectivity index (χ1v) is 4.41. The van der Waals surface area contributed by atoms with Crippen LogP contribution in [0.15, 0.2) is 30.7 Å². The summed E-state index contributed by atoms with van der Waals surface area (Å²) in [7, 11) is 0. The quantitative estimate of drug-likeness (QED) is 0.775.